The number of aromatic nitrogens is 3. The van der Waals surface area contributed by atoms with Crippen molar-refractivity contribution in [2.24, 2.45) is 0 Å². The van der Waals surface area contributed by atoms with Gasteiger partial charge in [-0.15, -0.1) is 10.2 Å². The van der Waals surface area contributed by atoms with Crippen molar-refractivity contribution >= 4 is 29.1 Å². The molecule has 0 amide bonds. The molecule has 7 heteroatoms. The van der Waals surface area contributed by atoms with Gasteiger partial charge in [-0.2, -0.15) is 0 Å². The maximum atomic E-state index is 12.5. The molecule has 0 radical (unpaired) electrons. The van der Waals surface area contributed by atoms with Crippen LogP contribution in [0.4, 0.5) is 0 Å². The minimum Gasteiger partial charge on any atom is -0.496 e. The first-order valence-corrected chi connectivity index (χ1v) is 8.92. The number of hydrogen-bond acceptors (Lipinski definition) is 5. The number of Topliss-reactive ketones (excluding diaryl/α,β-unsaturated/α-hetero) is 1. The summed E-state index contributed by atoms with van der Waals surface area (Å²) in [7, 11) is 1.55. The van der Waals surface area contributed by atoms with E-state index in [2.05, 4.69) is 10.2 Å². The molecule has 0 aliphatic carbocycles. The Bertz CT molecular complexity index is 911. The topological polar surface area (TPSA) is 57.0 Å². The van der Waals surface area contributed by atoms with Gasteiger partial charge >= 0.3 is 0 Å². The van der Waals surface area contributed by atoms with Gasteiger partial charge in [0.25, 0.3) is 0 Å². The molecule has 0 bridgehead atoms. The van der Waals surface area contributed by atoms with Gasteiger partial charge in [-0.1, -0.05) is 41.6 Å². The van der Waals surface area contributed by atoms with E-state index < -0.39 is 0 Å². The van der Waals surface area contributed by atoms with Gasteiger partial charge < -0.3 is 4.74 Å². The number of benzene rings is 2. The lowest BCUT2D eigenvalue weighted by molar-refractivity contribution is 0.101. The van der Waals surface area contributed by atoms with E-state index in [1.54, 1.807) is 25.6 Å². The second-order valence-corrected chi connectivity index (χ2v) is 6.68. The van der Waals surface area contributed by atoms with E-state index in [0.29, 0.717) is 21.5 Å². The molecule has 0 saturated heterocycles. The molecule has 3 rings (SSSR count). The van der Waals surface area contributed by atoms with Crippen LogP contribution in [0.3, 0.4) is 0 Å². The minimum absolute atomic E-state index is 0.0288. The van der Waals surface area contributed by atoms with Crippen LogP contribution in [0.2, 0.25) is 5.02 Å². The Morgan fingerprint density at radius 2 is 2.08 bits per heavy atom. The van der Waals surface area contributed by atoms with Crippen LogP contribution in [0.1, 0.15) is 15.9 Å². The SMILES string of the molecule is COc1ccccc1C(=O)CSc1nncn1-c1ccc(C)c(Cl)c1. The monoisotopic (exact) mass is 373 g/mol. The summed E-state index contributed by atoms with van der Waals surface area (Å²) >= 11 is 7.52. The highest BCUT2D eigenvalue weighted by atomic mass is 35.5. The summed E-state index contributed by atoms with van der Waals surface area (Å²) in [6.45, 7) is 1.94. The molecular formula is C18H16ClN3O2S. The number of ketones is 1. The van der Waals surface area contributed by atoms with Crippen LogP contribution in [0.5, 0.6) is 5.75 Å². The minimum atomic E-state index is -0.0288. The van der Waals surface area contributed by atoms with Gasteiger partial charge in [-0.3, -0.25) is 9.36 Å². The van der Waals surface area contributed by atoms with Crippen molar-refractivity contribution in [3.05, 3.63) is 64.9 Å². The van der Waals surface area contributed by atoms with E-state index in [0.717, 1.165) is 11.3 Å². The number of halogens is 1. The van der Waals surface area contributed by atoms with Crippen molar-refractivity contribution in [2.45, 2.75) is 12.1 Å². The molecule has 0 saturated carbocycles. The number of carbonyl (C=O) groups excluding carboxylic acids is 1. The van der Waals surface area contributed by atoms with Crippen LogP contribution in [-0.2, 0) is 0 Å². The third-order valence-corrected chi connectivity index (χ3v) is 5.04. The average molecular weight is 374 g/mol. The van der Waals surface area contributed by atoms with Crippen LogP contribution < -0.4 is 4.74 Å². The summed E-state index contributed by atoms with van der Waals surface area (Å²) in [6.07, 6.45) is 1.61. The predicted molar refractivity (Wildman–Crippen MR) is 99.2 cm³/mol. The van der Waals surface area contributed by atoms with E-state index in [1.165, 1.54) is 11.8 Å². The predicted octanol–water partition coefficient (Wildman–Crippen LogP) is 4.21. The van der Waals surface area contributed by atoms with Crippen LogP contribution in [0.25, 0.3) is 5.69 Å². The lowest BCUT2D eigenvalue weighted by Crippen LogP contribution is -2.06. The molecule has 2 aromatic carbocycles. The summed E-state index contributed by atoms with van der Waals surface area (Å²) < 4.78 is 7.05. The van der Waals surface area contributed by atoms with Gasteiger partial charge in [0.05, 0.1) is 24.1 Å². The summed E-state index contributed by atoms with van der Waals surface area (Å²) in [5, 5.41) is 9.35. The summed E-state index contributed by atoms with van der Waals surface area (Å²) in [6, 6.07) is 12.9. The van der Waals surface area contributed by atoms with E-state index in [9.17, 15) is 4.79 Å². The Labute approximate surface area is 155 Å². The molecule has 0 spiro atoms. The van der Waals surface area contributed by atoms with Gasteiger partial charge in [0.15, 0.2) is 10.9 Å². The number of hydrogen-bond donors (Lipinski definition) is 0. The molecule has 128 valence electrons. The molecule has 3 aromatic rings. The number of thioether (sulfide) groups is 1. The zero-order valence-electron chi connectivity index (χ0n) is 13.8. The van der Waals surface area contributed by atoms with Crippen LogP contribution in [-0.4, -0.2) is 33.4 Å². The molecule has 0 unspecified atom stereocenters. The number of ether oxygens (including phenoxy) is 1. The average Bonchev–Trinajstić information content (AvgIpc) is 3.10. The van der Waals surface area contributed by atoms with Gasteiger partial charge in [0.2, 0.25) is 0 Å². The van der Waals surface area contributed by atoms with Crippen LogP contribution in [0, 0.1) is 6.92 Å². The number of carbonyl (C=O) groups is 1. The maximum absolute atomic E-state index is 12.5. The second kappa shape index (κ2) is 7.72. The zero-order chi connectivity index (χ0) is 17.8. The molecule has 0 aliphatic heterocycles. The highest BCUT2D eigenvalue weighted by Gasteiger charge is 2.15. The van der Waals surface area contributed by atoms with Crippen molar-refractivity contribution in [3.8, 4) is 11.4 Å². The van der Waals surface area contributed by atoms with Gasteiger partial charge in [-0.05, 0) is 36.8 Å². The Morgan fingerprint density at radius 1 is 1.28 bits per heavy atom. The van der Waals surface area contributed by atoms with Crippen molar-refractivity contribution < 1.29 is 9.53 Å². The smallest absolute Gasteiger partial charge is 0.196 e. The summed E-state index contributed by atoms with van der Waals surface area (Å²) in [5.41, 5.74) is 2.41. The standard InChI is InChI=1S/C18H16ClN3O2S/c1-12-7-8-13(9-15(12)19)22-11-20-21-18(22)25-10-16(23)14-5-3-4-6-17(14)24-2/h3-9,11H,10H2,1-2H3. The number of para-hydroxylation sites is 1. The Kier molecular flexibility index (Phi) is 5.40. The fourth-order valence-corrected chi connectivity index (χ4v) is 3.30. The second-order valence-electron chi connectivity index (χ2n) is 5.33. The van der Waals surface area contributed by atoms with Crippen molar-refractivity contribution in [1.82, 2.24) is 14.8 Å². The normalized spacial score (nSPS) is 10.7. The fraction of sp³-hybridized carbons (Fsp3) is 0.167. The van der Waals surface area contributed by atoms with Crippen LogP contribution >= 0.6 is 23.4 Å². The number of aryl methyl sites for hydroxylation is 1. The lowest BCUT2D eigenvalue weighted by Gasteiger charge is -2.09. The highest BCUT2D eigenvalue weighted by molar-refractivity contribution is 7.99. The first kappa shape index (κ1) is 17.5. The summed E-state index contributed by atoms with van der Waals surface area (Å²) in [4.78, 5) is 12.5. The first-order valence-electron chi connectivity index (χ1n) is 7.55. The van der Waals surface area contributed by atoms with Crippen molar-refractivity contribution in [2.75, 3.05) is 12.9 Å². The molecule has 0 N–H and O–H groups in total. The van der Waals surface area contributed by atoms with Gasteiger partial charge in [0, 0.05) is 5.02 Å². The Balaban J connectivity index is 1.77. The molecule has 0 fully saturated rings. The molecule has 5 nitrogen and oxygen atoms in total. The Morgan fingerprint density at radius 3 is 2.84 bits per heavy atom. The highest BCUT2D eigenvalue weighted by Crippen LogP contribution is 2.25. The lowest BCUT2D eigenvalue weighted by atomic mass is 10.1. The molecule has 1 aromatic heterocycles. The molecule has 0 aliphatic rings. The molecular weight excluding hydrogens is 358 g/mol. The molecule has 1 heterocycles. The quantitative estimate of drug-likeness (QED) is 0.478. The third-order valence-electron chi connectivity index (χ3n) is 3.69. The zero-order valence-corrected chi connectivity index (χ0v) is 15.3. The maximum Gasteiger partial charge on any atom is 0.196 e. The van der Waals surface area contributed by atoms with E-state index >= 15 is 0 Å². The first-order chi connectivity index (χ1) is 12.1. The largest absolute Gasteiger partial charge is 0.496 e. The van der Waals surface area contributed by atoms with E-state index in [1.807, 2.05) is 41.8 Å². The van der Waals surface area contributed by atoms with Gasteiger partial charge in [-0.25, -0.2) is 0 Å². The number of rotatable bonds is 6. The Hall–Kier alpha value is -2.31. The summed E-state index contributed by atoms with van der Waals surface area (Å²) in [5.74, 6) is 0.775. The van der Waals surface area contributed by atoms with Crippen LogP contribution in [0.15, 0.2) is 53.9 Å². The van der Waals surface area contributed by atoms with E-state index in [4.69, 9.17) is 16.3 Å². The van der Waals surface area contributed by atoms with Gasteiger partial charge in [0.1, 0.15) is 12.1 Å². The van der Waals surface area contributed by atoms with Crippen molar-refractivity contribution in [1.29, 1.82) is 0 Å². The number of methoxy groups -OCH3 is 1. The van der Waals surface area contributed by atoms with E-state index in [-0.39, 0.29) is 11.5 Å². The third kappa shape index (κ3) is 3.86. The number of nitrogens with zero attached hydrogens (tertiary/aromatic N) is 3. The fourth-order valence-electron chi connectivity index (χ4n) is 2.31. The molecule has 25 heavy (non-hydrogen) atoms. The molecule has 0 atom stereocenters. The van der Waals surface area contributed by atoms with Crippen molar-refractivity contribution in [3.63, 3.8) is 0 Å².